The van der Waals surface area contributed by atoms with E-state index in [1.165, 1.54) is 0 Å². The van der Waals surface area contributed by atoms with Gasteiger partial charge in [0.1, 0.15) is 0 Å². The van der Waals surface area contributed by atoms with Crippen LogP contribution >= 0.6 is 0 Å². The Hall–Kier alpha value is -3.35. The molecule has 24 heavy (non-hydrogen) atoms. The Morgan fingerprint density at radius 2 is 1.79 bits per heavy atom. The zero-order valence-corrected chi connectivity index (χ0v) is 13.1. The molecule has 3 aromatic heterocycles. The third kappa shape index (κ3) is 2.56. The van der Waals surface area contributed by atoms with Crippen molar-refractivity contribution in [1.82, 2.24) is 25.3 Å². The molecule has 0 unspecified atom stereocenters. The first-order valence-electron chi connectivity index (χ1n) is 7.36. The second kappa shape index (κ2) is 5.69. The van der Waals surface area contributed by atoms with Crippen molar-refractivity contribution in [2.75, 3.05) is 0 Å². The minimum absolute atomic E-state index is 0.439. The summed E-state index contributed by atoms with van der Waals surface area (Å²) in [6.07, 6.45) is 3.44. The van der Waals surface area contributed by atoms with Crippen molar-refractivity contribution in [2.24, 2.45) is 0 Å². The highest BCUT2D eigenvalue weighted by molar-refractivity contribution is 5.81. The zero-order valence-electron chi connectivity index (χ0n) is 13.1. The van der Waals surface area contributed by atoms with Gasteiger partial charge in [-0.25, -0.2) is 0 Å². The molecule has 0 aliphatic carbocycles. The highest BCUT2D eigenvalue weighted by Gasteiger charge is 2.14. The number of nitrogens with zero attached hydrogens (tertiary/aromatic N) is 5. The van der Waals surface area contributed by atoms with Crippen LogP contribution in [-0.4, -0.2) is 25.3 Å². The van der Waals surface area contributed by atoms with Crippen LogP contribution in [0.25, 0.3) is 34.0 Å². The summed E-state index contributed by atoms with van der Waals surface area (Å²) in [4.78, 5) is 8.46. The van der Waals surface area contributed by atoms with Gasteiger partial charge < -0.3 is 8.94 Å². The summed E-state index contributed by atoms with van der Waals surface area (Å²) in [6.45, 7) is 3.54. The van der Waals surface area contributed by atoms with Crippen LogP contribution in [0.15, 0.2) is 51.7 Å². The predicted octanol–water partition coefficient (Wildman–Crippen LogP) is 3.47. The van der Waals surface area contributed by atoms with Gasteiger partial charge in [-0.05, 0) is 36.2 Å². The Balaban J connectivity index is 1.83. The van der Waals surface area contributed by atoms with E-state index in [0.29, 0.717) is 23.5 Å². The molecule has 0 fully saturated rings. The molecule has 0 amide bonds. The van der Waals surface area contributed by atoms with Crippen molar-refractivity contribution >= 4 is 0 Å². The van der Waals surface area contributed by atoms with Crippen LogP contribution in [0.2, 0.25) is 0 Å². The van der Waals surface area contributed by atoms with E-state index in [-0.39, 0.29) is 0 Å². The van der Waals surface area contributed by atoms with E-state index in [4.69, 9.17) is 8.94 Å². The second-order valence-corrected chi connectivity index (χ2v) is 5.28. The van der Waals surface area contributed by atoms with Crippen molar-refractivity contribution < 1.29 is 8.94 Å². The highest BCUT2D eigenvalue weighted by Crippen LogP contribution is 2.32. The smallest absolute Gasteiger partial charge is 0.260 e. The van der Waals surface area contributed by atoms with Gasteiger partial charge in [0, 0.05) is 24.9 Å². The van der Waals surface area contributed by atoms with Gasteiger partial charge in [-0.15, -0.1) is 10.2 Å². The van der Waals surface area contributed by atoms with Crippen molar-refractivity contribution in [1.29, 1.82) is 0 Å². The molecular weight excluding hydrogens is 306 g/mol. The monoisotopic (exact) mass is 319 g/mol. The van der Waals surface area contributed by atoms with E-state index in [9.17, 15) is 0 Å². The minimum atomic E-state index is 0.439. The standard InChI is InChI=1S/C17H13N5O2/c1-10-19-17(24-22-10)15-9-18-7-6-14(15)12-4-3-5-13(8-12)16-21-20-11(2)23-16/h3-9H,1-2H3. The van der Waals surface area contributed by atoms with Gasteiger partial charge in [-0.3, -0.25) is 4.98 Å². The normalized spacial score (nSPS) is 10.9. The van der Waals surface area contributed by atoms with Gasteiger partial charge in [0.25, 0.3) is 5.89 Å². The largest absolute Gasteiger partial charge is 0.421 e. The molecule has 0 saturated heterocycles. The average molecular weight is 319 g/mol. The summed E-state index contributed by atoms with van der Waals surface area (Å²) in [6, 6.07) is 9.75. The first kappa shape index (κ1) is 14.3. The van der Waals surface area contributed by atoms with Crippen LogP contribution < -0.4 is 0 Å². The molecule has 0 atom stereocenters. The van der Waals surface area contributed by atoms with Gasteiger partial charge in [-0.1, -0.05) is 17.3 Å². The van der Waals surface area contributed by atoms with E-state index in [1.54, 1.807) is 26.2 Å². The number of hydrogen-bond donors (Lipinski definition) is 0. The highest BCUT2D eigenvalue weighted by atomic mass is 16.5. The lowest BCUT2D eigenvalue weighted by Gasteiger charge is -2.07. The molecule has 1 aromatic carbocycles. The summed E-state index contributed by atoms with van der Waals surface area (Å²) in [7, 11) is 0. The fraction of sp³-hybridized carbons (Fsp3) is 0.118. The summed E-state index contributed by atoms with van der Waals surface area (Å²) < 4.78 is 10.8. The predicted molar refractivity (Wildman–Crippen MR) is 85.7 cm³/mol. The Kier molecular flexibility index (Phi) is 3.38. The molecule has 7 heteroatoms. The maximum atomic E-state index is 5.50. The second-order valence-electron chi connectivity index (χ2n) is 5.28. The zero-order chi connectivity index (χ0) is 16.5. The number of benzene rings is 1. The Morgan fingerprint density at radius 1 is 0.917 bits per heavy atom. The Labute approximate surface area is 137 Å². The number of pyridine rings is 1. The van der Waals surface area contributed by atoms with Gasteiger partial charge >= 0.3 is 0 Å². The first-order valence-corrected chi connectivity index (χ1v) is 7.36. The topological polar surface area (TPSA) is 90.7 Å². The molecule has 0 spiro atoms. The van der Waals surface area contributed by atoms with Crippen LogP contribution in [0.3, 0.4) is 0 Å². The van der Waals surface area contributed by atoms with E-state index in [2.05, 4.69) is 25.3 Å². The molecule has 0 aliphatic heterocycles. The molecule has 0 radical (unpaired) electrons. The van der Waals surface area contributed by atoms with Crippen molar-refractivity contribution in [3.8, 4) is 34.0 Å². The quantitative estimate of drug-likeness (QED) is 0.571. The first-order chi connectivity index (χ1) is 11.7. The maximum absolute atomic E-state index is 5.50. The molecule has 7 nitrogen and oxygen atoms in total. The molecule has 118 valence electrons. The van der Waals surface area contributed by atoms with Gasteiger partial charge in [-0.2, -0.15) is 4.98 Å². The SMILES string of the molecule is Cc1noc(-c2cnccc2-c2cccc(-c3nnc(C)o3)c2)n1. The maximum Gasteiger partial charge on any atom is 0.260 e. The average Bonchev–Trinajstić information content (AvgIpc) is 3.23. The Bertz CT molecular complexity index is 1010. The molecule has 0 N–H and O–H groups in total. The van der Waals surface area contributed by atoms with Crippen LogP contribution in [0.4, 0.5) is 0 Å². The van der Waals surface area contributed by atoms with Crippen LogP contribution in [0, 0.1) is 13.8 Å². The van der Waals surface area contributed by atoms with Gasteiger partial charge in [0.05, 0.1) is 5.56 Å². The fourth-order valence-corrected chi connectivity index (χ4v) is 2.46. The van der Waals surface area contributed by atoms with Crippen molar-refractivity contribution in [2.45, 2.75) is 13.8 Å². The molecule has 3 heterocycles. The lowest BCUT2D eigenvalue weighted by molar-refractivity contribution is 0.425. The van der Waals surface area contributed by atoms with Crippen LogP contribution in [0.1, 0.15) is 11.7 Å². The lowest BCUT2D eigenvalue weighted by atomic mass is 10.00. The van der Waals surface area contributed by atoms with Crippen molar-refractivity contribution in [3.05, 3.63) is 54.4 Å². The van der Waals surface area contributed by atoms with Crippen molar-refractivity contribution in [3.63, 3.8) is 0 Å². The summed E-state index contributed by atoms with van der Waals surface area (Å²) in [5.74, 6) is 2.03. The Morgan fingerprint density at radius 3 is 2.54 bits per heavy atom. The molecule has 4 rings (SSSR count). The molecule has 0 saturated carbocycles. The molecular formula is C17H13N5O2. The van der Waals surface area contributed by atoms with Gasteiger partial charge in [0.15, 0.2) is 5.82 Å². The number of hydrogen-bond acceptors (Lipinski definition) is 7. The van der Waals surface area contributed by atoms with E-state index in [0.717, 1.165) is 22.3 Å². The fourth-order valence-electron chi connectivity index (χ4n) is 2.46. The molecule has 4 aromatic rings. The van der Waals surface area contributed by atoms with E-state index >= 15 is 0 Å². The van der Waals surface area contributed by atoms with E-state index in [1.807, 2.05) is 30.3 Å². The van der Waals surface area contributed by atoms with Crippen LogP contribution in [0.5, 0.6) is 0 Å². The number of aryl methyl sites for hydroxylation is 2. The lowest BCUT2D eigenvalue weighted by Crippen LogP contribution is -1.88. The molecule has 0 bridgehead atoms. The third-order valence-electron chi connectivity index (χ3n) is 3.53. The third-order valence-corrected chi connectivity index (χ3v) is 3.53. The molecule has 0 aliphatic rings. The number of aromatic nitrogens is 5. The summed E-state index contributed by atoms with van der Waals surface area (Å²) in [5, 5.41) is 11.8. The summed E-state index contributed by atoms with van der Waals surface area (Å²) >= 11 is 0. The minimum Gasteiger partial charge on any atom is -0.421 e. The van der Waals surface area contributed by atoms with Gasteiger partial charge in [0.2, 0.25) is 11.8 Å². The number of rotatable bonds is 3. The summed E-state index contributed by atoms with van der Waals surface area (Å²) in [5.41, 5.74) is 3.53. The van der Waals surface area contributed by atoms with E-state index < -0.39 is 0 Å². The van der Waals surface area contributed by atoms with Crippen LogP contribution in [-0.2, 0) is 0 Å².